The summed E-state index contributed by atoms with van der Waals surface area (Å²) >= 11 is 0. The van der Waals surface area contributed by atoms with Crippen molar-refractivity contribution in [3.63, 3.8) is 0 Å². The average Bonchev–Trinajstić information content (AvgIpc) is 2.45. The van der Waals surface area contributed by atoms with Gasteiger partial charge in [-0.25, -0.2) is 8.78 Å². The molecule has 1 aromatic rings. The van der Waals surface area contributed by atoms with Crippen LogP contribution in [-0.2, 0) is 4.79 Å². The third-order valence-electron chi connectivity index (χ3n) is 4.00. The van der Waals surface area contributed by atoms with Crippen LogP contribution < -0.4 is 4.90 Å². The van der Waals surface area contributed by atoms with Gasteiger partial charge in [0, 0.05) is 27.2 Å². The number of carbonyl (C=O) groups excluding carboxylic acids is 1. The van der Waals surface area contributed by atoms with Crippen molar-refractivity contribution < 1.29 is 18.7 Å². The van der Waals surface area contributed by atoms with E-state index in [2.05, 4.69) is 0 Å². The van der Waals surface area contributed by atoms with Crippen LogP contribution in [-0.4, -0.2) is 48.7 Å². The molecule has 1 aromatic carbocycles. The molecule has 7 heteroatoms. The highest BCUT2D eigenvalue weighted by Crippen LogP contribution is 2.32. The van der Waals surface area contributed by atoms with Crippen LogP contribution in [0.1, 0.15) is 24.8 Å². The van der Waals surface area contributed by atoms with Crippen LogP contribution >= 0.6 is 0 Å². The van der Waals surface area contributed by atoms with Gasteiger partial charge in [0.15, 0.2) is 11.6 Å². The lowest BCUT2D eigenvalue weighted by atomic mass is 9.88. The normalized spacial score (nSPS) is 21.0. The zero-order valence-corrected chi connectivity index (χ0v) is 13.1. The lowest BCUT2D eigenvalue weighted by molar-refractivity contribution is -0.134. The molecular weight excluding hydrogens is 304 g/mol. The van der Waals surface area contributed by atoms with Gasteiger partial charge in [-0.3, -0.25) is 4.79 Å². The summed E-state index contributed by atoms with van der Waals surface area (Å²) < 4.78 is 28.3. The van der Waals surface area contributed by atoms with Crippen LogP contribution in [0, 0.1) is 23.0 Å². The molecule has 124 valence electrons. The highest BCUT2D eigenvalue weighted by molar-refractivity contribution is 5.76. The first kappa shape index (κ1) is 17.2. The molecule has 1 atom stereocenters. The van der Waals surface area contributed by atoms with Gasteiger partial charge in [-0.1, -0.05) is 0 Å². The van der Waals surface area contributed by atoms with Crippen molar-refractivity contribution in [1.82, 2.24) is 4.90 Å². The number of anilines is 1. The fourth-order valence-electron chi connectivity index (χ4n) is 2.82. The minimum atomic E-state index is -1.33. The van der Waals surface area contributed by atoms with Gasteiger partial charge in [-0.05, 0) is 25.0 Å². The first-order chi connectivity index (χ1) is 10.8. The predicted molar refractivity (Wildman–Crippen MR) is 80.8 cm³/mol. The molecule has 1 amide bonds. The fourth-order valence-corrected chi connectivity index (χ4v) is 2.82. The van der Waals surface area contributed by atoms with Crippen molar-refractivity contribution in [1.29, 1.82) is 5.26 Å². The number of hydrogen-bond donors (Lipinski definition) is 1. The Kier molecular flexibility index (Phi) is 4.85. The number of β-amino-alcohol motifs (C(OH)–C–C–N with tert-alkyl or cyclic N) is 1. The molecule has 1 aliphatic heterocycles. The first-order valence-electron chi connectivity index (χ1n) is 7.32. The number of piperidine rings is 1. The number of rotatable bonds is 3. The Morgan fingerprint density at radius 1 is 1.43 bits per heavy atom. The van der Waals surface area contributed by atoms with Gasteiger partial charge in [0.05, 0.1) is 23.7 Å². The largest absolute Gasteiger partial charge is 0.388 e. The SMILES string of the molecule is CN(C)C(=O)CC1(O)CCCN(c2c(F)cc(C#N)cc2F)C1. The molecule has 0 saturated carbocycles. The van der Waals surface area contributed by atoms with E-state index in [9.17, 15) is 18.7 Å². The molecule has 1 unspecified atom stereocenters. The van der Waals surface area contributed by atoms with E-state index >= 15 is 0 Å². The Hall–Kier alpha value is -2.20. The maximum absolute atomic E-state index is 14.1. The van der Waals surface area contributed by atoms with Crippen molar-refractivity contribution in [3.05, 3.63) is 29.3 Å². The van der Waals surface area contributed by atoms with Crippen molar-refractivity contribution in [2.24, 2.45) is 0 Å². The smallest absolute Gasteiger partial charge is 0.225 e. The molecule has 0 aromatic heterocycles. The third-order valence-corrected chi connectivity index (χ3v) is 4.00. The topological polar surface area (TPSA) is 67.6 Å². The summed E-state index contributed by atoms with van der Waals surface area (Å²) in [4.78, 5) is 14.6. The van der Waals surface area contributed by atoms with Crippen LogP contribution in [0.25, 0.3) is 0 Å². The maximum Gasteiger partial charge on any atom is 0.225 e. The van der Waals surface area contributed by atoms with Crippen molar-refractivity contribution in [2.45, 2.75) is 24.9 Å². The molecular formula is C16H19F2N3O2. The fraction of sp³-hybridized carbons (Fsp3) is 0.500. The van der Waals surface area contributed by atoms with Crippen LogP contribution in [0.3, 0.4) is 0 Å². The van der Waals surface area contributed by atoms with Gasteiger partial charge in [-0.2, -0.15) is 5.26 Å². The number of benzene rings is 1. The van der Waals surface area contributed by atoms with Gasteiger partial charge < -0.3 is 14.9 Å². The minimum Gasteiger partial charge on any atom is -0.388 e. The summed E-state index contributed by atoms with van der Waals surface area (Å²) in [6, 6.07) is 3.63. The molecule has 0 spiro atoms. The van der Waals surface area contributed by atoms with Crippen LogP contribution in [0.4, 0.5) is 14.5 Å². The Balaban J connectivity index is 2.25. The maximum atomic E-state index is 14.1. The summed E-state index contributed by atoms with van der Waals surface area (Å²) in [7, 11) is 3.18. The van der Waals surface area contributed by atoms with E-state index < -0.39 is 17.2 Å². The second-order valence-corrected chi connectivity index (χ2v) is 6.11. The van der Waals surface area contributed by atoms with Crippen molar-refractivity contribution >= 4 is 11.6 Å². The van der Waals surface area contributed by atoms with E-state index in [1.54, 1.807) is 20.2 Å². The number of carbonyl (C=O) groups is 1. The number of halogens is 2. The highest BCUT2D eigenvalue weighted by atomic mass is 19.1. The standard InChI is InChI=1S/C16H19F2N3O2/c1-20(2)14(22)8-16(23)4-3-5-21(10-16)15-12(17)6-11(9-19)7-13(15)18/h6-7,23H,3-5,8,10H2,1-2H3. The molecule has 1 N–H and O–H groups in total. The summed E-state index contributed by atoms with van der Waals surface area (Å²) in [5.74, 6) is -1.93. The molecule has 0 aliphatic carbocycles. The van der Waals surface area contributed by atoms with Crippen LogP contribution in [0.5, 0.6) is 0 Å². The molecule has 1 saturated heterocycles. The molecule has 1 heterocycles. The number of amides is 1. The summed E-state index contributed by atoms with van der Waals surface area (Å²) in [6.07, 6.45) is 0.800. The summed E-state index contributed by atoms with van der Waals surface area (Å²) in [5, 5.41) is 19.4. The minimum absolute atomic E-state index is 0.0354. The first-order valence-corrected chi connectivity index (χ1v) is 7.32. The van der Waals surface area contributed by atoms with E-state index in [0.29, 0.717) is 19.4 Å². The van der Waals surface area contributed by atoms with Crippen molar-refractivity contribution in [2.75, 3.05) is 32.1 Å². The van der Waals surface area contributed by atoms with Gasteiger partial charge >= 0.3 is 0 Å². The molecule has 5 nitrogen and oxygen atoms in total. The van der Waals surface area contributed by atoms with E-state index in [4.69, 9.17) is 5.26 Å². The number of aliphatic hydroxyl groups is 1. The van der Waals surface area contributed by atoms with Gasteiger partial charge in [0.25, 0.3) is 0 Å². The average molecular weight is 323 g/mol. The molecule has 1 aliphatic rings. The number of nitriles is 1. The van der Waals surface area contributed by atoms with Crippen LogP contribution in [0.2, 0.25) is 0 Å². The van der Waals surface area contributed by atoms with E-state index in [1.807, 2.05) is 0 Å². The summed E-state index contributed by atoms with van der Waals surface area (Å²) in [5.41, 5.74) is -1.69. The lowest BCUT2D eigenvalue weighted by Gasteiger charge is -2.40. The zero-order chi connectivity index (χ0) is 17.2. The monoisotopic (exact) mass is 323 g/mol. The van der Waals surface area contributed by atoms with E-state index in [-0.39, 0.29) is 30.1 Å². The highest BCUT2D eigenvalue weighted by Gasteiger charge is 2.37. The third kappa shape index (κ3) is 3.77. The molecule has 0 radical (unpaired) electrons. The Morgan fingerprint density at radius 2 is 2.04 bits per heavy atom. The van der Waals surface area contributed by atoms with Gasteiger partial charge in [0.2, 0.25) is 5.91 Å². The van der Waals surface area contributed by atoms with Crippen molar-refractivity contribution in [3.8, 4) is 6.07 Å². The second kappa shape index (κ2) is 6.50. The predicted octanol–water partition coefficient (Wildman–Crippen LogP) is 1.65. The molecule has 2 rings (SSSR count). The summed E-state index contributed by atoms with van der Waals surface area (Å²) in [6.45, 7) is 0.338. The zero-order valence-electron chi connectivity index (χ0n) is 13.1. The van der Waals surface area contributed by atoms with E-state index in [1.165, 1.54) is 9.80 Å². The number of nitrogens with zero attached hydrogens (tertiary/aromatic N) is 3. The Bertz CT molecular complexity index is 634. The van der Waals surface area contributed by atoms with Gasteiger partial charge in [0.1, 0.15) is 5.69 Å². The quantitative estimate of drug-likeness (QED) is 0.918. The Morgan fingerprint density at radius 3 is 2.57 bits per heavy atom. The molecule has 23 heavy (non-hydrogen) atoms. The van der Waals surface area contributed by atoms with Gasteiger partial charge in [-0.15, -0.1) is 0 Å². The Labute approximate surface area is 133 Å². The van der Waals surface area contributed by atoms with E-state index in [0.717, 1.165) is 12.1 Å². The second-order valence-electron chi connectivity index (χ2n) is 6.11. The molecule has 0 bridgehead atoms. The lowest BCUT2D eigenvalue weighted by Crippen LogP contribution is -2.51. The van der Waals surface area contributed by atoms with Crippen LogP contribution in [0.15, 0.2) is 12.1 Å². The molecule has 1 fully saturated rings. The number of hydrogen-bond acceptors (Lipinski definition) is 4.